The Morgan fingerprint density at radius 3 is 0.646 bits per heavy atom. The molecule has 0 N–H and O–H groups in total. The van der Waals surface area contributed by atoms with Gasteiger partial charge in [0, 0.05) is 33.4 Å². The highest BCUT2D eigenvalue weighted by molar-refractivity contribution is 6.13. The predicted octanol–water partition coefficient (Wildman–Crippen LogP) is 29.3. The van der Waals surface area contributed by atoms with Crippen LogP contribution in [-0.2, 0) is 75.6 Å². The lowest BCUT2D eigenvalue weighted by atomic mass is 9.81. The van der Waals surface area contributed by atoms with Crippen molar-refractivity contribution in [3.05, 3.63) is 309 Å². The Morgan fingerprint density at radius 1 is 0.186 bits per heavy atom. The van der Waals surface area contributed by atoms with Gasteiger partial charge in [-0.15, -0.1) is 0 Å². The van der Waals surface area contributed by atoms with Crippen molar-refractivity contribution in [2.45, 2.75) is 75.6 Å². The summed E-state index contributed by atoms with van der Waals surface area (Å²) >= 11 is 0. The molecule has 0 aliphatic carbocycles. The maximum Gasteiger partial charge on any atom is 0.416 e. The summed E-state index contributed by atoms with van der Waals surface area (Å²) in [5.41, 5.74) is -17.0. The highest BCUT2D eigenvalue weighted by atomic mass is 19.4. The second-order valence-corrected chi connectivity index (χ2v) is 28.4. The van der Waals surface area contributed by atoms with E-state index in [4.69, 9.17) is 0 Å². The van der Waals surface area contributed by atoms with E-state index in [1.165, 1.54) is 0 Å². The number of fused-ring (bicyclic) bond motifs is 14. The van der Waals surface area contributed by atoms with Crippen LogP contribution in [0.2, 0.25) is 0 Å². The Balaban J connectivity index is 1.08. The smallest absolute Gasteiger partial charge is 0.309 e. The van der Waals surface area contributed by atoms with Gasteiger partial charge in [-0.3, -0.25) is 0 Å². The molecular weight excluding hydrogens is 1530 g/mol. The lowest BCUT2D eigenvalue weighted by molar-refractivity contribution is -0.977. The zero-order valence-corrected chi connectivity index (χ0v) is 57.4. The summed E-state index contributed by atoms with van der Waals surface area (Å²) in [4.78, 5) is 0. The first-order valence-corrected chi connectivity index (χ1v) is 34.4. The Hall–Kier alpha value is -11.6. The first-order chi connectivity index (χ1) is 52.9. The number of alkyl halides is 24. The Bertz CT molecular complexity index is 5560. The van der Waals surface area contributed by atoms with Crippen LogP contribution in [0.1, 0.15) is 66.8 Å². The third kappa shape index (κ3) is 14.1. The van der Waals surface area contributed by atoms with Crippen LogP contribution in [0.3, 0.4) is 0 Å². The Morgan fingerprint density at radius 2 is 0.398 bits per heavy atom. The van der Waals surface area contributed by atoms with Gasteiger partial charge in [0.05, 0.1) is 44.5 Å². The van der Waals surface area contributed by atoms with E-state index >= 15 is 105 Å². The molecule has 113 heavy (non-hydrogen) atoms. The van der Waals surface area contributed by atoms with E-state index in [1.807, 2.05) is 72.8 Å². The summed E-state index contributed by atoms with van der Waals surface area (Å²) in [6.45, 7) is -0.582. The number of halogens is 24. The van der Waals surface area contributed by atoms with Crippen LogP contribution in [0.5, 0.6) is 0 Å². The largest absolute Gasteiger partial charge is 0.416 e. The molecule has 2 aliphatic heterocycles. The molecule has 0 aromatic heterocycles. The molecule has 0 unspecified atom stereocenters. The minimum atomic E-state index is -5.50. The van der Waals surface area contributed by atoms with Gasteiger partial charge < -0.3 is 4.48 Å². The molecule has 25 heteroatoms. The van der Waals surface area contributed by atoms with E-state index < -0.39 is 138 Å². The van der Waals surface area contributed by atoms with Crippen LogP contribution in [0, 0.1) is 0 Å². The summed E-state index contributed by atoms with van der Waals surface area (Å²) in [5, 5.41) is 4.34. The van der Waals surface area contributed by atoms with Crippen molar-refractivity contribution in [3.8, 4) is 89.0 Å². The quantitative estimate of drug-likeness (QED) is 0.115. The van der Waals surface area contributed by atoms with E-state index in [-0.39, 0.29) is 110 Å². The number of hydrogen-bond donors (Lipinski definition) is 0. The first-order valence-electron chi connectivity index (χ1n) is 34.4. The maximum absolute atomic E-state index is 15.0. The zero-order chi connectivity index (χ0) is 80.4. The van der Waals surface area contributed by atoms with Crippen molar-refractivity contribution in [2.24, 2.45) is 0 Å². The van der Waals surface area contributed by atoms with Crippen molar-refractivity contribution in [1.29, 1.82) is 0 Å². The van der Waals surface area contributed by atoms with Crippen molar-refractivity contribution in [3.63, 3.8) is 0 Å². The van der Waals surface area contributed by atoms with Crippen LogP contribution in [0.15, 0.2) is 243 Å². The second kappa shape index (κ2) is 26.2. The summed E-state index contributed by atoms with van der Waals surface area (Å²) in [5.74, 6) is 0. The van der Waals surface area contributed by atoms with E-state index in [9.17, 15) is 0 Å². The number of hydrogen-bond acceptors (Lipinski definition) is 0. The standard InChI is InChI=1S/C88H48F24N/c89-81(90,91)61-27-55(28-62(37-61)82(92,93)94)51-21-52(56-29-63(83(95,96)97)38-64(30-56)84(98,99)100)24-59(23-51)73-35-47-11-3-7-15-71(47)79-75(73)43-113(41-49-19-17-45-9-1-5-13-69(45)77(49)78-50(42-113)20-18-46-10-2-6-14-70(46)78)44-76-74(36-48-12-4-8-16-72(48)80(76)79)60-25-53(57-31-65(85(101,102)103)39-66(32-57)86(104,105)106)22-54(26-60)58-33-67(87(107,108)109)40-68(34-58)88(110,111)112/h1-40H,41-44H2/q+1. The number of nitrogens with zero attached hydrogens (tertiary/aromatic N) is 1. The van der Waals surface area contributed by atoms with Gasteiger partial charge in [-0.1, -0.05) is 121 Å². The van der Waals surface area contributed by atoms with Crippen molar-refractivity contribution in [2.75, 3.05) is 0 Å². The SMILES string of the molecule is FC(F)(F)c1cc(-c2cc(-c3cc(C(F)(F)F)cc(C(F)(F)F)c3)cc(-c3cc4ccccc4c4c3C[N+]3(Cc5ccc6ccccc6c5-c5c(ccc6ccccc56)C3)Cc3c(-c5cc(-c6cc(C(F)(F)F)cc(C(F)(F)F)c6)cc(-c6cc(C(F)(F)F)cc(C(F)(F)F)c6)c5)cc5ccccc5c3-4)c2)cc(C(F)(F)F)c1. The normalized spacial score (nSPS) is 14.3. The van der Waals surface area contributed by atoms with E-state index in [0.29, 0.717) is 70.4 Å². The number of quaternary nitrogens is 1. The zero-order valence-electron chi connectivity index (χ0n) is 57.4. The maximum atomic E-state index is 15.0. The highest BCUT2D eigenvalue weighted by Crippen LogP contribution is 2.56. The molecule has 14 aromatic rings. The predicted molar refractivity (Wildman–Crippen MR) is 381 cm³/mol. The van der Waals surface area contributed by atoms with E-state index in [0.717, 1.165) is 69.1 Å². The van der Waals surface area contributed by atoms with Crippen LogP contribution in [0.25, 0.3) is 132 Å². The fraction of sp³-hybridized carbons (Fsp3) is 0.136. The molecule has 0 saturated carbocycles. The van der Waals surface area contributed by atoms with Crippen LogP contribution >= 0.6 is 0 Å². The molecular formula is C88H48F24N+. The van der Waals surface area contributed by atoms with Crippen molar-refractivity contribution < 1.29 is 110 Å². The van der Waals surface area contributed by atoms with Gasteiger partial charge in [-0.25, -0.2) is 0 Å². The average molecular weight is 1580 g/mol. The average Bonchev–Trinajstić information content (AvgIpc) is 1.59. The minimum Gasteiger partial charge on any atom is -0.309 e. The summed E-state index contributed by atoms with van der Waals surface area (Å²) in [6.07, 6.45) is -44.0. The Labute approximate surface area is 624 Å². The van der Waals surface area contributed by atoms with Crippen molar-refractivity contribution in [1.82, 2.24) is 0 Å². The minimum absolute atomic E-state index is 0.0358. The van der Waals surface area contributed by atoms with Gasteiger partial charge >= 0.3 is 49.4 Å². The summed E-state index contributed by atoms with van der Waals surface area (Å²) in [6, 6.07) is 46.7. The lowest BCUT2D eigenvalue weighted by Crippen LogP contribution is -2.44. The first kappa shape index (κ1) is 75.4. The number of benzene rings is 14. The topological polar surface area (TPSA) is 0 Å². The number of rotatable bonds is 6. The highest BCUT2D eigenvalue weighted by Gasteiger charge is 2.46. The molecule has 16 rings (SSSR count). The molecule has 2 heterocycles. The molecule has 0 radical (unpaired) electrons. The van der Waals surface area contributed by atoms with Gasteiger partial charge in [0.2, 0.25) is 0 Å². The molecule has 14 aromatic carbocycles. The fourth-order valence-electron chi connectivity index (χ4n) is 16.1. The Kier molecular flexibility index (Phi) is 17.5. The molecule has 1 spiro atoms. The molecule has 0 bridgehead atoms. The van der Waals surface area contributed by atoms with Gasteiger partial charge in [-0.2, -0.15) is 105 Å². The monoisotopic (exact) mass is 1570 g/mol. The van der Waals surface area contributed by atoms with Gasteiger partial charge in [-0.05, 0) is 242 Å². The molecule has 1 nitrogen and oxygen atoms in total. The molecule has 0 atom stereocenters. The third-order valence-corrected chi connectivity index (χ3v) is 21.0. The summed E-state index contributed by atoms with van der Waals surface area (Å²) < 4.78 is 360. The van der Waals surface area contributed by atoms with E-state index in [2.05, 4.69) is 0 Å². The molecule has 0 amide bonds. The second-order valence-electron chi connectivity index (χ2n) is 28.4. The third-order valence-electron chi connectivity index (χ3n) is 21.0. The van der Waals surface area contributed by atoms with Gasteiger partial charge in [0.1, 0.15) is 26.2 Å². The van der Waals surface area contributed by atoms with Gasteiger partial charge in [0.15, 0.2) is 0 Å². The fourth-order valence-corrected chi connectivity index (χ4v) is 16.1. The van der Waals surface area contributed by atoms with Crippen molar-refractivity contribution >= 4 is 43.1 Å². The van der Waals surface area contributed by atoms with Gasteiger partial charge in [0.25, 0.3) is 0 Å². The molecule has 0 fully saturated rings. The lowest BCUT2D eigenvalue weighted by Gasteiger charge is -2.39. The van der Waals surface area contributed by atoms with E-state index in [1.54, 1.807) is 60.7 Å². The molecule has 0 saturated heterocycles. The van der Waals surface area contributed by atoms with Crippen LogP contribution in [-0.4, -0.2) is 4.48 Å². The molecule has 2 aliphatic rings. The van der Waals surface area contributed by atoms with Crippen LogP contribution < -0.4 is 0 Å². The molecule has 572 valence electrons. The van der Waals surface area contributed by atoms with Crippen LogP contribution in [0.4, 0.5) is 105 Å². The summed E-state index contributed by atoms with van der Waals surface area (Å²) in [7, 11) is 0.